The van der Waals surface area contributed by atoms with E-state index in [1.807, 2.05) is 60.6 Å². The fraction of sp³-hybridized carbons (Fsp3) is 0.306. The van der Waals surface area contributed by atoms with E-state index in [-0.39, 0.29) is 17.9 Å². The number of carboxylic acids is 2. The van der Waals surface area contributed by atoms with Crippen LogP contribution in [0.1, 0.15) is 29.5 Å². The van der Waals surface area contributed by atoms with Crippen LogP contribution in [0.2, 0.25) is 5.02 Å². The Kier molecular flexibility index (Phi) is 14.6. The van der Waals surface area contributed by atoms with Gasteiger partial charge in [-0.05, 0) is 72.7 Å². The number of hydrogen-bond acceptors (Lipinski definition) is 9. The molecule has 3 amide bonds. The molecule has 6 rings (SSSR count). The number of para-hydroxylation sites is 1. The average Bonchev–Trinajstić information content (AvgIpc) is 3.16. The van der Waals surface area contributed by atoms with Crippen LogP contribution in [0.25, 0.3) is 0 Å². The Morgan fingerprint density at radius 2 is 1.51 bits per heavy atom. The van der Waals surface area contributed by atoms with Crippen molar-refractivity contribution in [2.24, 2.45) is 5.92 Å². The van der Waals surface area contributed by atoms with E-state index >= 15 is 0 Å². The second kappa shape index (κ2) is 19.1. The minimum Gasteiger partial charge on any atom is -0.475 e. The molecular formula is C36H35ClF6N8O6. The van der Waals surface area contributed by atoms with Crippen LogP contribution in [0.4, 0.5) is 60.0 Å². The highest BCUT2D eigenvalue weighted by Gasteiger charge is 2.39. The van der Waals surface area contributed by atoms with Crippen LogP contribution in [-0.4, -0.2) is 91.3 Å². The van der Waals surface area contributed by atoms with Gasteiger partial charge in [-0.25, -0.2) is 19.4 Å². The molecule has 0 unspecified atom stereocenters. The number of nitrogens with one attached hydrogen (secondary N) is 3. The first-order valence-electron chi connectivity index (χ1n) is 16.9. The number of aryl methyl sites for hydroxylation is 2. The van der Waals surface area contributed by atoms with Gasteiger partial charge in [0, 0.05) is 50.2 Å². The molecule has 14 nitrogen and oxygen atoms in total. The number of alkyl halides is 6. The van der Waals surface area contributed by atoms with E-state index < -0.39 is 24.3 Å². The van der Waals surface area contributed by atoms with E-state index in [1.54, 1.807) is 17.3 Å². The van der Waals surface area contributed by atoms with Crippen molar-refractivity contribution in [3.05, 3.63) is 94.9 Å². The van der Waals surface area contributed by atoms with Crippen LogP contribution in [0, 0.1) is 5.92 Å². The van der Waals surface area contributed by atoms with E-state index in [0.29, 0.717) is 49.3 Å². The fourth-order valence-corrected chi connectivity index (χ4v) is 5.68. The van der Waals surface area contributed by atoms with Gasteiger partial charge in [0.05, 0.1) is 18.1 Å². The second-order valence-electron chi connectivity index (χ2n) is 12.6. The number of carbonyl (C=O) groups is 4. The number of halogens is 7. The number of carboxylic acid groups (broad SMARTS) is 2. The van der Waals surface area contributed by atoms with Crippen LogP contribution in [-0.2, 0) is 33.8 Å². The highest BCUT2D eigenvalue weighted by Crippen LogP contribution is 2.29. The standard InChI is InChI=1S/C32H33ClN8O2.2C2HF3O2/c1-40(30(42)22-11-13-41(14-12-22)32(43)38-25-5-3-2-4-6-25)20-24-9-10-26-16-23(24)8-7-21-15-27(18-34-17-21)37-31-35-19-28(33)29(36-26)39-31;2*3-2(4,5)1(6)7/h2-6,9-10,15-19,22H,7-8,11-14,20H2,1H3,(H,38,43)(H2,35,36,37,39);2*(H,6,7). The zero-order chi connectivity index (χ0) is 41.9. The van der Waals surface area contributed by atoms with E-state index in [2.05, 4.69) is 43.0 Å². The summed E-state index contributed by atoms with van der Waals surface area (Å²) in [7, 11) is 1.86. The quantitative estimate of drug-likeness (QED) is 0.130. The molecule has 4 heterocycles. The van der Waals surface area contributed by atoms with Crippen molar-refractivity contribution >= 4 is 64.3 Å². The van der Waals surface area contributed by atoms with Gasteiger partial charge in [0.1, 0.15) is 5.02 Å². The molecule has 1 fully saturated rings. The molecule has 2 aromatic heterocycles. The number of likely N-dealkylation sites (tertiary alicyclic amines) is 1. The van der Waals surface area contributed by atoms with Gasteiger partial charge in [0.25, 0.3) is 0 Å². The molecule has 0 spiro atoms. The number of hydrogen-bond donors (Lipinski definition) is 5. The number of aromatic nitrogens is 3. The summed E-state index contributed by atoms with van der Waals surface area (Å²) < 4.78 is 63.5. The lowest BCUT2D eigenvalue weighted by Crippen LogP contribution is -2.44. The molecule has 57 heavy (non-hydrogen) atoms. The predicted molar refractivity (Wildman–Crippen MR) is 195 cm³/mol. The number of amides is 3. The number of nitrogens with zero attached hydrogens (tertiary/aromatic N) is 5. The van der Waals surface area contributed by atoms with E-state index in [1.165, 1.54) is 0 Å². The van der Waals surface area contributed by atoms with Crippen molar-refractivity contribution in [2.75, 3.05) is 36.1 Å². The minimum absolute atomic E-state index is 0.102. The first-order chi connectivity index (χ1) is 26.8. The minimum atomic E-state index is -5.08. The van der Waals surface area contributed by atoms with Crippen molar-refractivity contribution in [1.29, 1.82) is 0 Å². The van der Waals surface area contributed by atoms with Crippen molar-refractivity contribution in [1.82, 2.24) is 24.8 Å². The summed E-state index contributed by atoms with van der Waals surface area (Å²) in [6.07, 6.45) is -2.18. The number of anilines is 5. The predicted octanol–water partition coefficient (Wildman–Crippen LogP) is 7.28. The normalized spacial score (nSPS) is 13.9. The summed E-state index contributed by atoms with van der Waals surface area (Å²) in [6, 6.07) is 17.5. The molecule has 4 aromatic rings. The molecule has 0 aliphatic carbocycles. The Morgan fingerprint density at radius 3 is 2.12 bits per heavy atom. The SMILES string of the molecule is CN(Cc1ccc2cc1CCc1cncc(c1)Nc1ncc(Cl)c(n1)N2)C(=O)C1CCN(C(=O)Nc2ccccc2)CC1.O=C(O)C(F)(F)F.O=C(O)C(F)(F)F. The fourth-order valence-electron chi connectivity index (χ4n) is 5.54. The molecule has 1 saturated heterocycles. The van der Waals surface area contributed by atoms with Gasteiger partial charge in [0.2, 0.25) is 11.9 Å². The zero-order valence-corrected chi connectivity index (χ0v) is 30.6. The lowest BCUT2D eigenvalue weighted by Gasteiger charge is -2.33. The third kappa shape index (κ3) is 13.2. The summed E-state index contributed by atoms with van der Waals surface area (Å²) >= 11 is 6.41. The second-order valence-corrected chi connectivity index (χ2v) is 13.0. The molecule has 6 bridgehead atoms. The van der Waals surface area contributed by atoms with Crippen LogP contribution in [0.5, 0.6) is 0 Å². The Morgan fingerprint density at radius 1 is 0.877 bits per heavy atom. The number of benzene rings is 2. The Hall–Kier alpha value is -6.18. The highest BCUT2D eigenvalue weighted by molar-refractivity contribution is 6.32. The number of urea groups is 1. The Bertz CT molecular complexity index is 2030. The third-order valence-corrected chi connectivity index (χ3v) is 8.65. The number of fused-ring (bicyclic) bond motifs is 6. The largest absolute Gasteiger partial charge is 0.490 e. The van der Waals surface area contributed by atoms with Crippen LogP contribution in [0.15, 0.2) is 73.2 Å². The number of carbonyl (C=O) groups excluding carboxylic acids is 2. The van der Waals surface area contributed by atoms with Crippen LogP contribution >= 0.6 is 11.6 Å². The summed E-state index contributed by atoms with van der Waals surface area (Å²) in [5, 5.41) is 24.1. The van der Waals surface area contributed by atoms with E-state index in [9.17, 15) is 35.9 Å². The van der Waals surface area contributed by atoms with Crippen molar-refractivity contribution < 1.29 is 55.7 Å². The lowest BCUT2D eigenvalue weighted by atomic mass is 9.94. The summed E-state index contributed by atoms with van der Waals surface area (Å²) in [5.74, 6) is -4.61. The average molecular weight is 825 g/mol. The number of rotatable bonds is 4. The Labute approximate surface area is 325 Å². The van der Waals surface area contributed by atoms with Gasteiger partial charge >= 0.3 is 30.3 Å². The van der Waals surface area contributed by atoms with Gasteiger partial charge in [-0.1, -0.05) is 35.9 Å². The van der Waals surface area contributed by atoms with Crippen LogP contribution < -0.4 is 16.0 Å². The molecule has 0 radical (unpaired) electrons. The molecule has 304 valence electrons. The molecule has 2 aliphatic heterocycles. The third-order valence-electron chi connectivity index (χ3n) is 8.37. The van der Waals surface area contributed by atoms with Crippen molar-refractivity contribution in [3.8, 4) is 0 Å². The number of piperidine rings is 1. The molecule has 5 N–H and O–H groups in total. The van der Waals surface area contributed by atoms with E-state index in [4.69, 9.17) is 31.4 Å². The summed E-state index contributed by atoms with van der Waals surface area (Å²) in [6.45, 7) is 1.58. The Balaban J connectivity index is 0.000000440. The monoisotopic (exact) mass is 824 g/mol. The molecule has 2 aliphatic rings. The van der Waals surface area contributed by atoms with E-state index in [0.717, 1.165) is 46.6 Å². The smallest absolute Gasteiger partial charge is 0.475 e. The van der Waals surface area contributed by atoms with Crippen LogP contribution in [0.3, 0.4) is 0 Å². The summed E-state index contributed by atoms with van der Waals surface area (Å²) in [5.41, 5.74) is 5.69. The van der Waals surface area contributed by atoms with Crippen molar-refractivity contribution in [2.45, 2.75) is 44.6 Å². The molecule has 21 heteroatoms. The molecule has 2 aromatic carbocycles. The molecule has 0 atom stereocenters. The zero-order valence-electron chi connectivity index (χ0n) is 29.9. The topological polar surface area (TPSA) is 190 Å². The van der Waals surface area contributed by atoms with Gasteiger partial charge < -0.3 is 36.0 Å². The van der Waals surface area contributed by atoms with Crippen molar-refractivity contribution in [3.63, 3.8) is 0 Å². The van der Waals surface area contributed by atoms with Gasteiger partial charge in [-0.15, -0.1) is 0 Å². The lowest BCUT2D eigenvalue weighted by molar-refractivity contribution is -0.193. The summed E-state index contributed by atoms with van der Waals surface area (Å²) in [4.78, 5) is 60.8. The molecule has 0 saturated carbocycles. The molecular weight excluding hydrogens is 790 g/mol. The van der Waals surface area contributed by atoms with Gasteiger partial charge in [0.15, 0.2) is 5.82 Å². The highest BCUT2D eigenvalue weighted by atomic mass is 35.5. The van der Waals surface area contributed by atoms with Gasteiger partial charge in [-0.2, -0.15) is 31.3 Å². The van der Waals surface area contributed by atoms with Gasteiger partial charge in [-0.3, -0.25) is 9.78 Å². The maximum atomic E-state index is 13.5. The maximum Gasteiger partial charge on any atom is 0.490 e. The maximum absolute atomic E-state index is 13.5. The first kappa shape index (κ1) is 43.5. The first-order valence-corrected chi connectivity index (χ1v) is 17.3. The number of pyridine rings is 1. The number of aliphatic carboxylic acids is 2.